The number of thiophene rings is 1. The first kappa shape index (κ1) is 54.6. The number of aliphatic hydroxyl groups excluding tert-OH is 1. The van der Waals surface area contributed by atoms with Crippen LogP contribution in [0, 0.1) is 12.3 Å². The van der Waals surface area contributed by atoms with E-state index in [-0.39, 0.29) is 69.4 Å². The lowest BCUT2D eigenvalue weighted by atomic mass is 9.85. The number of carbonyl (C=O) groups excluding carboxylic acids is 4. The van der Waals surface area contributed by atoms with Crippen molar-refractivity contribution in [1.82, 2.24) is 25.9 Å². The number of aryl methyl sites for hydroxylation is 1. The van der Waals surface area contributed by atoms with Crippen LogP contribution in [0.5, 0.6) is 28.7 Å². The number of thiazole rings is 1. The molecular weight excluding hydrogens is 1010 g/mol. The molecule has 19 heteroatoms. The number of ether oxygens (including phenoxy) is 4. The maximum Gasteiger partial charge on any atom is 0.271 e. The molecule has 0 saturated carbocycles. The third-order valence-corrected chi connectivity index (χ3v) is 14.7. The van der Waals surface area contributed by atoms with E-state index in [4.69, 9.17) is 18.9 Å². The van der Waals surface area contributed by atoms with Gasteiger partial charge in [-0.15, -0.1) is 22.7 Å². The van der Waals surface area contributed by atoms with Gasteiger partial charge in [-0.05, 0) is 133 Å². The summed E-state index contributed by atoms with van der Waals surface area (Å²) in [6.07, 6.45) is 0.690. The molecule has 2 aromatic heterocycles. The van der Waals surface area contributed by atoms with E-state index in [2.05, 4.69) is 26.1 Å². The lowest BCUT2D eigenvalue weighted by Gasteiger charge is -2.35. The van der Waals surface area contributed by atoms with Crippen molar-refractivity contribution in [2.45, 2.75) is 65.3 Å². The number of hydrogen-bond donors (Lipinski definition) is 6. The molecule has 6 N–H and O–H groups in total. The van der Waals surface area contributed by atoms with Crippen molar-refractivity contribution in [2.75, 3.05) is 39.6 Å². The molecule has 7 aromatic rings. The number of carbonyl (C=O) groups is 4. The van der Waals surface area contributed by atoms with E-state index in [1.807, 2.05) is 64.4 Å². The third-order valence-electron chi connectivity index (χ3n) is 12.5. The van der Waals surface area contributed by atoms with Crippen LogP contribution in [0.2, 0.25) is 0 Å². The number of aromatic hydroxyl groups is 2. The molecule has 1 saturated heterocycles. The predicted molar refractivity (Wildman–Crippen MR) is 292 cm³/mol. The number of benzene rings is 5. The Balaban J connectivity index is 0.719. The highest BCUT2D eigenvalue weighted by Gasteiger charge is 2.44. The van der Waals surface area contributed by atoms with Crippen molar-refractivity contribution in [3.63, 3.8) is 0 Å². The second kappa shape index (κ2) is 24.8. The van der Waals surface area contributed by atoms with Crippen LogP contribution in [0.4, 0.5) is 0 Å². The second-order valence-electron chi connectivity index (χ2n) is 19.3. The Morgan fingerprint density at radius 2 is 1.47 bits per heavy atom. The van der Waals surface area contributed by atoms with Gasteiger partial charge in [0.25, 0.3) is 5.91 Å². The molecule has 0 bridgehead atoms. The van der Waals surface area contributed by atoms with Crippen molar-refractivity contribution in [1.29, 1.82) is 0 Å². The van der Waals surface area contributed by atoms with E-state index < -0.39 is 41.3 Å². The van der Waals surface area contributed by atoms with Crippen LogP contribution in [0.15, 0.2) is 126 Å². The Hall–Kier alpha value is -7.68. The van der Waals surface area contributed by atoms with Gasteiger partial charge in [0, 0.05) is 28.6 Å². The van der Waals surface area contributed by atoms with E-state index in [9.17, 15) is 34.5 Å². The molecule has 5 aromatic carbocycles. The van der Waals surface area contributed by atoms with E-state index in [0.29, 0.717) is 22.8 Å². The molecule has 0 aliphatic carbocycles. The van der Waals surface area contributed by atoms with Gasteiger partial charge in [-0.2, -0.15) is 5.10 Å². The quantitative estimate of drug-likeness (QED) is 0.0225. The maximum absolute atomic E-state index is 14.0. The van der Waals surface area contributed by atoms with Gasteiger partial charge in [0.15, 0.2) is 5.75 Å². The minimum Gasteiger partial charge on any atom is -0.508 e. The molecule has 4 unspecified atom stereocenters. The number of nitrogens with zero attached hydrogens (tertiary/aromatic N) is 3. The summed E-state index contributed by atoms with van der Waals surface area (Å²) in [5.41, 5.74) is 8.43. The molecule has 4 amide bonds. The summed E-state index contributed by atoms with van der Waals surface area (Å²) >= 11 is 3.02. The van der Waals surface area contributed by atoms with Crippen molar-refractivity contribution < 1.29 is 53.4 Å². The van der Waals surface area contributed by atoms with Crippen LogP contribution >= 0.6 is 22.7 Å². The minimum atomic E-state index is -0.996. The lowest BCUT2D eigenvalue weighted by Crippen LogP contribution is -2.58. The Morgan fingerprint density at radius 1 is 0.816 bits per heavy atom. The fourth-order valence-electron chi connectivity index (χ4n) is 8.46. The average molecular weight is 1070 g/mol. The first-order chi connectivity index (χ1) is 36.5. The van der Waals surface area contributed by atoms with E-state index in [1.165, 1.54) is 22.5 Å². The summed E-state index contributed by atoms with van der Waals surface area (Å²) in [5.74, 6) is 0.207. The topological polar surface area (TPSA) is 230 Å². The molecule has 0 spiro atoms. The van der Waals surface area contributed by atoms with Crippen molar-refractivity contribution in [3.8, 4) is 49.6 Å². The van der Waals surface area contributed by atoms with E-state index >= 15 is 0 Å². The predicted octanol–water partition coefficient (Wildman–Crippen LogP) is 8.75. The number of phenols is 2. The molecule has 17 nitrogen and oxygen atoms in total. The summed E-state index contributed by atoms with van der Waals surface area (Å²) in [7, 11) is 0. The smallest absolute Gasteiger partial charge is 0.271 e. The van der Waals surface area contributed by atoms with E-state index in [1.54, 1.807) is 102 Å². The molecular formula is C57H60N6O11S2. The summed E-state index contributed by atoms with van der Waals surface area (Å²) < 4.78 is 24.1. The van der Waals surface area contributed by atoms with Gasteiger partial charge < -0.3 is 49.8 Å². The van der Waals surface area contributed by atoms with Crippen molar-refractivity contribution >= 4 is 62.6 Å². The fourth-order valence-corrected chi connectivity index (χ4v) is 10.4. The number of amides is 4. The summed E-state index contributed by atoms with van der Waals surface area (Å²) in [6.45, 7) is 9.74. The first-order valence-corrected chi connectivity index (χ1v) is 26.3. The standard InChI is InChI=1S/C57H60N6O11S2/c1-34(37-8-10-38(11-9-37)51-35(2)58-33-75-51)60-55(69)47-28-43(66)31-63(47)56(70)53(57(3,4)5)61-49(67)32-72-25-24-71-26-27-73-44-19-6-36(7-20-44)30-59-62-54(68)40-14-21-45(22-15-40)74-50-46-23-18-42(65)29-48(46)76-52(50)39-12-16-41(64)17-13-39/h6-23,29-30,33-34,43,47,53,64-66H,24-28,31-32H2,1-5H3,(H,60,69)(H,61,67)(H,62,68). The van der Waals surface area contributed by atoms with Gasteiger partial charge >= 0.3 is 0 Å². The summed E-state index contributed by atoms with van der Waals surface area (Å²) in [6, 6.07) is 31.2. The number of aromatic nitrogens is 1. The molecule has 396 valence electrons. The number of hydrogen-bond acceptors (Lipinski definition) is 15. The zero-order valence-electron chi connectivity index (χ0n) is 42.6. The molecule has 1 fully saturated rings. The van der Waals surface area contributed by atoms with Crippen molar-refractivity contribution in [3.05, 3.63) is 143 Å². The number of nitrogens with one attached hydrogen (secondary N) is 3. The molecule has 8 rings (SSSR count). The zero-order chi connectivity index (χ0) is 53.9. The number of likely N-dealkylation sites (tertiary alicyclic amines) is 1. The first-order valence-electron chi connectivity index (χ1n) is 24.6. The Labute approximate surface area is 448 Å². The number of β-amino-alcohol motifs (C(OH)–C–C–N with tert-alkyl or cyclic N) is 1. The summed E-state index contributed by atoms with van der Waals surface area (Å²) in [4.78, 5) is 61.3. The van der Waals surface area contributed by atoms with Crippen LogP contribution in [0.3, 0.4) is 0 Å². The number of rotatable bonds is 21. The van der Waals surface area contributed by atoms with Crippen LogP contribution in [0.1, 0.15) is 67.3 Å². The van der Waals surface area contributed by atoms with Gasteiger partial charge in [-0.25, -0.2) is 10.4 Å². The number of fused-ring (bicyclic) bond motifs is 1. The fraction of sp³-hybridized carbons (Fsp3) is 0.298. The molecule has 4 atom stereocenters. The highest BCUT2D eigenvalue weighted by molar-refractivity contribution is 7.22. The van der Waals surface area contributed by atoms with Crippen LogP contribution < -0.4 is 25.5 Å². The SMILES string of the molecule is Cc1ncsc1-c1ccc(C(C)NC(=O)C2CC(O)CN2C(=O)C(NC(=O)COCCOCCOc2ccc(C=NNC(=O)c3ccc(Oc4c(-c5ccc(O)cc5)sc5cc(O)ccc45)cc3)cc2)C(C)(C)C)cc1. The van der Waals surface area contributed by atoms with Gasteiger partial charge in [0.05, 0.1) is 59.1 Å². The average Bonchev–Trinajstić information content (AvgIpc) is 4.13. The van der Waals surface area contributed by atoms with Gasteiger partial charge in [0.2, 0.25) is 17.7 Å². The Morgan fingerprint density at radius 3 is 2.17 bits per heavy atom. The molecule has 76 heavy (non-hydrogen) atoms. The van der Waals surface area contributed by atoms with Crippen LogP contribution in [0.25, 0.3) is 31.0 Å². The maximum atomic E-state index is 14.0. The number of hydrazone groups is 1. The normalized spacial score (nSPS) is 15.4. The lowest BCUT2D eigenvalue weighted by molar-refractivity contribution is -0.144. The van der Waals surface area contributed by atoms with Gasteiger partial charge in [-0.1, -0.05) is 45.0 Å². The van der Waals surface area contributed by atoms with Crippen molar-refractivity contribution in [2.24, 2.45) is 10.5 Å². The third kappa shape index (κ3) is 14.0. The second-order valence-corrected chi connectivity index (χ2v) is 21.2. The molecule has 1 aliphatic rings. The number of phenolic OH excluding ortho intramolecular Hbond substituents is 2. The molecule has 3 heterocycles. The van der Waals surface area contributed by atoms with Gasteiger partial charge in [-0.3, -0.25) is 19.2 Å². The molecule has 1 aliphatic heterocycles. The van der Waals surface area contributed by atoms with E-state index in [0.717, 1.165) is 47.8 Å². The summed E-state index contributed by atoms with van der Waals surface area (Å²) in [5, 5.41) is 41.2. The minimum absolute atomic E-state index is 0.0386. The highest BCUT2D eigenvalue weighted by atomic mass is 32.1. The van der Waals surface area contributed by atoms with Gasteiger partial charge in [0.1, 0.15) is 48.3 Å². The monoisotopic (exact) mass is 1070 g/mol. The Bertz CT molecular complexity index is 3150. The highest BCUT2D eigenvalue weighted by Crippen LogP contribution is 2.47. The number of aliphatic hydroxyl groups is 1. The Kier molecular flexibility index (Phi) is 17.8. The largest absolute Gasteiger partial charge is 0.508 e. The molecule has 0 radical (unpaired) electrons. The van der Waals surface area contributed by atoms with Crippen LogP contribution in [-0.4, -0.2) is 113 Å². The van der Waals surface area contributed by atoms with Crippen LogP contribution in [-0.2, 0) is 23.9 Å². The zero-order valence-corrected chi connectivity index (χ0v) is 44.3.